The summed E-state index contributed by atoms with van der Waals surface area (Å²) in [5.74, 6) is -3.17. The fourth-order valence-electron chi connectivity index (χ4n) is 9.67. The fraction of sp³-hybridized carbons (Fsp3) is 0.457. The first kappa shape index (κ1) is 42.1. The molecule has 2 bridgehead atoms. The van der Waals surface area contributed by atoms with Crippen LogP contribution in [0.3, 0.4) is 0 Å². The molecule has 17 heteroatoms. The van der Waals surface area contributed by atoms with Crippen LogP contribution in [0.25, 0.3) is 11.3 Å². The van der Waals surface area contributed by atoms with Crippen LogP contribution in [0.2, 0.25) is 0 Å². The lowest BCUT2D eigenvalue weighted by Crippen LogP contribution is -2.50. The van der Waals surface area contributed by atoms with Crippen molar-refractivity contribution in [3.05, 3.63) is 82.2 Å². The minimum atomic E-state index is -1.07. The Kier molecular flexibility index (Phi) is 11.5. The van der Waals surface area contributed by atoms with Crippen molar-refractivity contribution in [3.63, 3.8) is 0 Å². The van der Waals surface area contributed by atoms with Crippen LogP contribution in [-0.2, 0) is 28.0 Å². The standard InChI is InChI=1S/C46H52F2N10O5/c1-26-6-5-17-63-45-34(22-49-54(45)4)38-19-31(18-27(2)50-38)42(60)53-46-51-37-9-7-29(28(3)41(37)58(46)23-26)24-55-13-15-56(16-14-55)44(62)30-11-12-57(25-30)32-20-35(47)40(36(48)21-32)33-8-10-39(59)52-43(33)61/h7,9,18-22,26,30,33H,5-6,8,10-17,23-25H2,1-4H3,(H,51,53,60)(H,52,59,61)/t26-,30-,33-/m1/s1. The van der Waals surface area contributed by atoms with E-state index in [9.17, 15) is 19.2 Å². The number of carbonyl (C=O) groups excluding carboxylic acids is 4. The highest BCUT2D eigenvalue weighted by molar-refractivity contribution is 6.19. The van der Waals surface area contributed by atoms with Crippen molar-refractivity contribution in [2.24, 2.45) is 23.9 Å². The lowest BCUT2D eigenvalue weighted by Gasteiger charge is -2.36. The maximum Gasteiger partial charge on any atom is 0.280 e. The number of ether oxygens (including phenoxy) is 1. The van der Waals surface area contributed by atoms with Gasteiger partial charge in [0, 0.05) is 88.3 Å². The third kappa shape index (κ3) is 8.37. The first-order chi connectivity index (χ1) is 30.3. The highest BCUT2D eigenvalue weighted by Gasteiger charge is 2.37. The predicted molar refractivity (Wildman–Crippen MR) is 233 cm³/mol. The number of nitrogens with one attached hydrogen (secondary N) is 2. The second kappa shape index (κ2) is 17.1. The summed E-state index contributed by atoms with van der Waals surface area (Å²) in [6.45, 7) is 11.3. The van der Waals surface area contributed by atoms with Gasteiger partial charge >= 0.3 is 0 Å². The second-order valence-corrected chi connectivity index (χ2v) is 17.5. The number of aromatic nitrogens is 3. The van der Waals surface area contributed by atoms with Crippen LogP contribution in [0.15, 0.2) is 47.6 Å². The molecule has 15 nitrogen and oxygen atoms in total. The summed E-state index contributed by atoms with van der Waals surface area (Å²) < 4.78 is 38.6. The van der Waals surface area contributed by atoms with E-state index in [2.05, 4.69) is 56.5 Å². The number of guanidine groups is 1. The van der Waals surface area contributed by atoms with Gasteiger partial charge in [-0.15, -0.1) is 0 Å². The zero-order chi connectivity index (χ0) is 44.1. The largest absolute Gasteiger partial charge is 0.477 e. The summed E-state index contributed by atoms with van der Waals surface area (Å²) in [7, 11) is 1.83. The summed E-state index contributed by atoms with van der Waals surface area (Å²) in [5.41, 5.74) is 6.57. The average Bonchev–Trinajstić information content (AvgIpc) is 3.98. The first-order valence-electron chi connectivity index (χ1n) is 21.8. The molecule has 330 valence electrons. The number of carbonyl (C=O) groups is 4. The number of hydrogen-bond donors (Lipinski definition) is 2. The Morgan fingerprint density at radius 2 is 1.71 bits per heavy atom. The first-order valence-corrected chi connectivity index (χ1v) is 21.8. The summed E-state index contributed by atoms with van der Waals surface area (Å²) >= 11 is 0. The summed E-state index contributed by atoms with van der Waals surface area (Å²) in [4.78, 5) is 69.2. The maximum absolute atomic E-state index is 15.3. The van der Waals surface area contributed by atoms with E-state index in [0.29, 0.717) is 99.9 Å². The van der Waals surface area contributed by atoms with Crippen LogP contribution in [0, 0.1) is 37.3 Å². The van der Waals surface area contributed by atoms with Gasteiger partial charge in [-0.2, -0.15) is 10.1 Å². The van der Waals surface area contributed by atoms with Crippen molar-refractivity contribution in [2.45, 2.75) is 65.3 Å². The molecule has 7 heterocycles. The molecule has 0 saturated carbocycles. The van der Waals surface area contributed by atoms with Crippen LogP contribution in [0.4, 0.5) is 25.8 Å². The number of imide groups is 1. The molecule has 3 atom stereocenters. The van der Waals surface area contributed by atoms with Crippen molar-refractivity contribution in [1.29, 1.82) is 0 Å². The number of rotatable bonds is 5. The Morgan fingerprint density at radius 3 is 2.48 bits per heavy atom. The number of fused-ring (bicyclic) bond motifs is 7. The van der Waals surface area contributed by atoms with Crippen LogP contribution >= 0.6 is 0 Å². The molecule has 0 unspecified atom stereocenters. The van der Waals surface area contributed by atoms with Crippen molar-refractivity contribution >= 4 is 46.7 Å². The van der Waals surface area contributed by atoms with Crippen LogP contribution in [-0.4, -0.2) is 107 Å². The number of aliphatic imine (C=N–C) groups is 1. The molecule has 0 aliphatic carbocycles. The number of benzene rings is 2. The molecule has 5 aliphatic rings. The number of pyridine rings is 1. The van der Waals surface area contributed by atoms with Crippen molar-refractivity contribution in [3.8, 4) is 17.1 Å². The minimum Gasteiger partial charge on any atom is -0.477 e. The molecule has 0 radical (unpaired) electrons. The number of amides is 4. The lowest BCUT2D eigenvalue weighted by molar-refractivity contribution is -0.137. The number of hydrogen-bond acceptors (Lipinski definition) is 11. The van der Waals surface area contributed by atoms with Gasteiger partial charge in [0.1, 0.15) is 11.6 Å². The Morgan fingerprint density at radius 1 is 0.937 bits per heavy atom. The van der Waals surface area contributed by atoms with Gasteiger partial charge in [0.2, 0.25) is 29.6 Å². The molecule has 3 fully saturated rings. The fourth-order valence-corrected chi connectivity index (χ4v) is 9.67. The minimum absolute atomic E-state index is 0.0208. The van der Waals surface area contributed by atoms with E-state index >= 15 is 8.78 Å². The SMILES string of the molecule is Cc1cc2cc(n1)-c1cnn(C)c1OCCC[C@@H](C)CN1/C(=N/C2=O)Nc2ccc(CN3CCN(C(=O)[C@@H]4CCN(c5cc(F)c([C@H]6CCC(=O)NC6=O)c(F)c5)C4)CC3)c(C)c21. The van der Waals surface area contributed by atoms with Gasteiger partial charge < -0.3 is 24.8 Å². The zero-order valence-electron chi connectivity index (χ0n) is 36.0. The number of anilines is 3. The van der Waals surface area contributed by atoms with E-state index in [-0.39, 0.29) is 42.1 Å². The smallest absolute Gasteiger partial charge is 0.280 e. The van der Waals surface area contributed by atoms with Crippen molar-refractivity contribution < 1.29 is 32.7 Å². The highest BCUT2D eigenvalue weighted by Crippen LogP contribution is 2.40. The van der Waals surface area contributed by atoms with E-state index < -0.39 is 29.4 Å². The normalized spacial score (nSPS) is 22.8. The quantitative estimate of drug-likeness (QED) is 0.251. The number of aryl methyl sites for hydroxylation is 2. The summed E-state index contributed by atoms with van der Waals surface area (Å²) in [5, 5.41) is 10.0. The monoisotopic (exact) mass is 862 g/mol. The number of piperidine rings is 1. The zero-order valence-corrected chi connectivity index (χ0v) is 36.0. The van der Waals surface area contributed by atoms with Crippen LogP contribution in [0.1, 0.15) is 77.7 Å². The highest BCUT2D eigenvalue weighted by atomic mass is 19.1. The lowest BCUT2D eigenvalue weighted by atomic mass is 9.89. The van der Waals surface area contributed by atoms with Gasteiger partial charge in [-0.3, -0.25) is 34.4 Å². The van der Waals surface area contributed by atoms with Crippen molar-refractivity contribution in [1.82, 2.24) is 29.9 Å². The summed E-state index contributed by atoms with van der Waals surface area (Å²) in [6.07, 6.45) is 4.07. The third-order valence-corrected chi connectivity index (χ3v) is 13.1. The van der Waals surface area contributed by atoms with Gasteiger partial charge in [-0.25, -0.2) is 13.5 Å². The molecule has 2 aromatic carbocycles. The number of nitrogens with zero attached hydrogens (tertiary/aromatic N) is 8. The van der Waals surface area contributed by atoms with Crippen LogP contribution in [0.5, 0.6) is 5.88 Å². The molecule has 4 aromatic rings. The molecule has 9 rings (SSSR count). The van der Waals surface area contributed by atoms with E-state index in [4.69, 9.17) is 9.72 Å². The molecular weight excluding hydrogens is 811 g/mol. The topological polar surface area (TPSA) is 158 Å². The van der Waals surface area contributed by atoms with Crippen molar-refractivity contribution in [2.75, 3.05) is 67.5 Å². The molecular formula is C46H52F2N10O5. The van der Waals surface area contributed by atoms with E-state index in [0.717, 1.165) is 40.9 Å². The molecule has 5 aliphatic heterocycles. The molecule has 2 N–H and O–H groups in total. The van der Waals surface area contributed by atoms with E-state index in [1.165, 1.54) is 12.1 Å². The number of piperazine rings is 1. The second-order valence-electron chi connectivity index (χ2n) is 17.5. The van der Waals surface area contributed by atoms with Gasteiger partial charge in [0.15, 0.2) is 0 Å². The number of halogens is 2. The molecule has 4 amide bonds. The molecule has 3 saturated heterocycles. The van der Waals surface area contributed by atoms with Gasteiger partial charge in [0.25, 0.3) is 5.91 Å². The van der Waals surface area contributed by atoms with Crippen LogP contribution < -0.4 is 25.2 Å². The molecule has 63 heavy (non-hydrogen) atoms. The Bertz CT molecular complexity index is 2510. The Balaban J connectivity index is 0.856. The Hall–Kier alpha value is -6.23. The molecule has 2 aromatic heterocycles. The van der Waals surface area contributed by atoms with Gasteiger partial charge in [-0.1, -0.05) is 13.0 Å². The predicted octanol–water partition coefficient (Wildman–Crippen LogP) is 5.31. The Labute approximate surface area is 364 Å². The summed E-state index contributed by atoms with van der Waals surface area (Å²) in [6, 6.07) is 10.1. The van der Waals surface area contributed by atoms with E-state index in [1.807, 2.05) is 23.8 Å². The maximum atomic E-state index is 15.3. The van der Waals surface area contributed by atoms with Gasteiger partial charge in [0.05, 0.1) is 47.3 Å². The third-order valence-electron chi connectivity index (χ3n) is 13.1. The average molecular weight is 863 g/mol. The van der Waals surface area contributed by atoms with Gasteiger partial charge in [-0.05, 0) is 86.9 Å². The molecule has 0 spiro atoms. The van der Waals surface area contributed by atoms with E-state index in [1.54, 1.807) is 23.0 Å².